The predicted molar refractivity (Wildman–Crippen MR) is 281 cm³/mol. The first-order valence-corrected chi connectivity index (χ1v) is 26.1. The second-order valence-corrected chi connectivity index (χ2v) is 27.4. The van der Waals surface area contributed by atoms with Crippen molar-refractivity contribution in [2.45, 2.75) is 186 Å². The van der Waals surface area contributed by atoms with Gasteiger partial charge in [-0.2, -0.15) is 21.8 Å². The van der Waals surface area contributed by atoms with Crippen molar-refractivity contribution in [2.24, 2.45) is 0 Å². The summed E-state index contributed by atoms with van der Waals surface area (Å²) in [7, 11) is -1.56. The Hall–Kier alpha value is -4.58. The summed E-state index contributed by atoms with van der Waals surface area (Å²) in [5, 5.41) is 0. The Balaban J connectivity index is 1.18. The molecule has 6 aromatic carbocycles. The third-order valence-corrected chi connectivity index (χ3v) is 16.7. The number of rotatable bonds is 14. The molecule has 0 bridgehead atoms. The van der Waals surface area contributed by atoms with Crippen LogP contribution in [0.4, 0.5) is 0 Å². The van der Waals surface area contributed by atoms with Gasteiger partial charge in [-0.25, -0.2) is 0 Å². The van der Waals surface area contributed by atoms with Gasteiger partial charge in [-0.05, 0) is 240 Å². The number of hydrogen-bond acceptors (Lipinski definition) is 3. The van der Waals surface area contributed by atoms with E-state index >= 15 is 0 Å². The summed E-state index contributed by atoms with van der Waals surface area (Å²) in [5.74, 6) is 2.64. The maximum atomic E-state index is 6.79. The van der Waals surface area contributed by atoms with Crippen LogP contribution < -0.4 is 14.2 Å². The Kier molecular flexibility index (Phi) is 14.8. The number of hydrogen-bond donors (Lipinski definition) is 2. The topological polar surface area (TPSA) is 27.7 Å². The van der Waals surface area contributed by atoms with Crippen LogP contribution in [-0.4, -0.2) is 16.8 Å². The van der Waals surface area contributed by atoms with Gasteiger partial charge >= 0.3 is 0 Å². The zero-order chi connectivity index (χ0) is 47.6. The monoisotopic (exact) mass is 911 g/mol. The van der Waals surface area contributed by atoms with Gasteiger partial charge in [-0.15, -0.1) is 0 Å². The summed E-state index contributed by atoms with van der Waals surface area (Å²) in [4.78, 5) is 7.92. The third kappa shape index (κ3) is 13.7. The minimum Gasteiger partial charge on any atom is -0.488 e. The van der Waals surface area contributed by atoms with E-state index < -0.39 is 21.8 Å². The molecule has 3 nitrogen and oxygen atoms in total. The van der Waals surface area contributed by atoms with E-state index in [1.165, 1.54) is 46.1 Å². The Morgan fingerprint density at radius 2 is 0.538 bits per heavy atom. The lowest BCUT2D eigenvalue weighted by atomic mass is 9.78. The van der Waals surface area contributed by atoms with E-state index in [0.29, 0.717) is 0 Å². The van der Waals surface area contributed by atoms with Crippen molar-refractivity contribution in [3.05, 3.63) is 162 Å². The van der Waals surface area contributed by atoms with Crippen LogP contribution in [0.2, 0.25) is 0 Å². The number of thiol groups is 2. The molecule has 0 aromatic heterocycles. The van der Waals surface area contributed by atoms with Crippen molar-refractivity contribution >= 4 is 21.8 Å². The molecule has 348 valence electrons. The van der Waals surface area contributed by atoms with Gasteiger partial charge in [0.15, 0.2) is 0 Å². The summed E-state index contributed by atoms with van der Waals surface area (Å²) in [5.41, 5.74) is 3.40. The first-order valence-electron chi connectivity index (χ1n) is 23.5. The molecule has 0 saturated heterocycles. The van der Waals surface area contributed by atoms with Crippen LogP contribution in [0.25, 0.3) is 0 Å². The summed E-state index contributed by atoms with van der Waals surface area (Å²) in [6, 6.07) is 54.3. The molecule has 0 saturated carbocycles. The quantitative estimate of drug-likeness (QED) is 0.107. The second kappa shape index (κ2) is 19.3. The van der Waals surface area contributed by atoms with Crippen molar-refractivity contribution < 1.29 is 14.2 Å². The average Bonchev–Trinajstić information content (AvgIpc) is 3.21. The fourth-order valence-corrected chi connectivity index (χ4v) is 12.5. The van der Waals surface area contributed by atoms with Gasteiger partial charge in [-0.3, -0.25) is 0 Å². The number of benzene rings is 6. The molecule has 5 heteroatoms. The van der Waals surface area contributed by atoms with Crippen molar-refractivity contribution in [3.63, 3.8) is 0 Å². The maximum Gasteiger partial charge on any atom is 0.120 e. The number of ether oxygens (including phenoxy) is 3. The van der Waals surface area contributed by atoms with Crippen LogP contribution in [0.1, 0.15) is 140 Å². The largest absolute Gasteiger partial charge is 0.488 e. The van der Waals surface area contributed by atoms with E-state index in [1.807, 2.05) is 0 Å². The van der Waals surface area contributed by atoms with E-state index in [1.54, 1.807) is 0 Å². The lowest BCUT2D eigenvalue weighted by Gasteiger charge is -2.33. The minimum atomic E-state index is -0.841. The highest BCUT2D eigenvalue weighted by Gasteiger charge is 2.28. The van der Waals surface area contributed by atoms with Gasteiger partial charge in [0.05, 0.1) is 0 Å². The maximum absolute atomic E-state index is 6.79. The minimum absolute atomic E-state index is 0.0364. The van der Waals surface area contributed by atoms with E-state index in [4.69, 9.17) is 14.2 Å². The molecule has 0 radical (unpaired) electrons. The molecule has 0 fully saturated rings. The highest BCUT2D eigenvalue weighted by atomic mass is 32.2. The molecule has 0 atom stereocenters. The SMILES string of the molecule is CC(C)(C)Oc1ccc([SH](c2ccc(OC(C)(C)C)cc2)c2ccc(OC(C)(C)CCC(C)(C)c3ccc([SH](c4ccc(C(C)(C)C)cc4)c4ccc(C(C)(C)C)cc4)cc3)cc2)cc1. The van der Waals surface area contributed by atoms with Gasteiger partial charge in [0, 0.05) is 0 Å². The Labute approximate surface area is 399 Å². The normalized spacial score (nSPS) is 13.3. The fourth-order valence-electron chi connectivity index (χ4n) is 8.00. The predicted octanol–water partition coefficient (Wildman–Crippen LogP) is 17.5. The van der Waals surface area contributed by atoms with Crippen molar-refractivity contribution in [3.8, 4) is 17.2 Å². The standard InChI is InChI=1S/C60H78O3S2/c1-55(2,3)43-17-29-49(30-18-43)64(50-31-19-44(20-32-50)56(4,5)6)51-33-21-45(22-34-51)59(13,14)41-42-60(15,16)63-48-27-39-54(40-28-48)65(52-35-23-46(24-36-52)61-57(7,8)9)53-37-25-47(26-38-53)62-58(10,11)12/h17-40,64-65H,41-42H2,1-16H3. The van der Waals surface area contributed by atoms with Crippen molar-refractivity contribution in [1.29, 1.82) is 0 Å². The molecule has 0 heterocycles. The molecular formula is C60H78O3S2. The van der Waals surface area contributed by atoms with Crippen LogP contribution in [0.5, 0.6) is 17.2 Å². The first kappa shape index (κ1) is 49.8. The highest BCUT2D eigenvalue weighted by molar-refractivity contribution is 8.17. The summed E-state index contributed by atoms with van der Waals surface area (Å²) >= 11 is 0. The van der Waals surface area contributed by atoms with E-state index in [-0.39, 0.29) is 33.0 Å². The molecule has 0 spiro atoms. The smallest absolute Gasteiger partial charge is 0.120 e. The molecule has 0 unspecified atom stereocenters. The van der Waals surface area contributed by atoms with Crippen LogP contribution in [0, 0.1) is 0 Å². The molecule has 6 rings (SSSR count). The molecule has 0 aliphatic rings. The lowest BCUT2D eigenvalue weighted by molar-refractivity contribution is 0.0899. The summed E-state index contributed by atoms with van der Waals surface area (Å²) < 4.78 is 19.1. The average molecular weight is 911 g/mol. The van der Waals surface area contributed by atoms with Crippen LogP contribution in [-0.2, 0) is 16.2 Å². The lowest BCUT2D eigenvalue weighted by Crippen LogP contribution is -2.31. The molecule has 0 N–H and O–H groups in total. The van der Waals surface area contributed by atoms with Crippen LogP contribution in [0.15, 0.2) is 175 Å². The molecule has 0 aliphatic carbocycles. The third-order valence-electron chi connectivity index (χ3n) is 11.8. The highest BCUT2D eigenvalue weighted by Crippen LogP contribution is 2.54. The van der Waals surface area contributed by atoms with E-state index in [9.17, 15) is 0 Å². The summed E-state index contributed by atoms with van der Waals surface area (Å²) in [6.45, 7) is 35.4. The Bertz CT molecular complexity index is 2320. The van der Waals surface area contributed by atoms with Gasteiger partial charge < -0.3 is 14.2 Å². The second-order valence-electron chi connectivity index (χ2n) is 23.0. The van der Waals surface area contributed by atoms with Crippen molar-refractivity contribution in [2.75, 3.05) is 0 Å². The molecule has 6 aromatic rings. The Morgan fingerprint density at radius 1 is 0.292 bits per heavy atom. The Morgan fingerprint density at radius 3 is 0.800 bits per heavy atom. The van der Waals surface area contributed by atoms with Gasteiger partial charge in [0.1, 0.15) is 34.1 Å². The summed E-state index contributed by atoms with van der Waals surface area (Å²) in [6.07, 6.45) is 1.90. The van der Waals surface area contributed by atoms with E-state index in [0.717, 1.165) is 30.1 Å². The first-order chi connectivity index (χ1) is 30.2. The fraction of sp³-hybridized carbons (Fsp3) is 0.400. The molecule has 0 aliphatic heterocycles. The van der Waals surface area contributed by atoms with Gasteiger partial charge in [0.25, 0.3) is 0 Å². The molecule has 65 heavy (non-hydrogen) atoms. The van der Waals surface area contributed by atoms with Crippen LogP contribution >= 0.6 is 21.8 Å². The van der Waals surface area contributed by atoms with Crippen LogP contribution in [0.3, 0.4) is 0 Å². The molecule has 0 amide bonds. The zero-order valence-corrected chi connectivity index (χ0v) is 44.2. The van der Waals surface area contributed by atoms with Crippen molar-refractivity contribution in [1.82, 2.24) is 0 Å². The zero-order valence-electron chi connectivity index (χ0n) is 42.4. The van der Waals surface area contributed by atoms with Gasteiger partial charge in [-0.1, -0.05) is 91.8 Å². The van der Waals surface area contributed by atoms with Gasteiger partial charge in [0.2, 0.25) is 0 Å². The van der Waals surface area contributed by atoms with E-state index in [2.05, 4.69) is 256 Å². The molecular weight excluding hydrogens is 833 g/mol.